The Morgan fingerprint density at radius 2 is 2.11 bits per heavy atom. The molecule has 1 unspecified atom stereocenters. The zero-order valence-corrected chi connectivity index (χ0v) is 11.4. The van der Waals surface area contributed by atoms with Gasteiger partial charge >= 0.3 is 6.09 Å². The van der Waals surface area contributed by atoms with Crippen LogP contribution >= 0.6 is 23.2 Å². The van der Waals surface area contributed by atoms with Crippen molar-refractivity contribution >= 4 is 40.9 Å². The van der Waals surface area contributed by atoms with E-state index in [2.05, 4.69) is 10.6 Å². The van der Waals surface area contributed by atoms with Crippen LogP contribution in [0.15, 0.2) is 18.2 Å². The molecule has 0 aliphatic carbocycles. The minimum atomic E-state index is -0.644. The van der Waals surface area contributed by atoms with Crippen LogP contribution in [-0.4, -0.2) is 25.2 Å². The van der Waals surface area contributed by atoms with Gasteiger partial charge in [0.05, 0.1) is 22.3 Å². The molecule has 0 bridgehead atoms. The molecular formula is C12H12Cl2N2O3. The lowest BCUT2D eigenvalue weighted by molar-refractivity contribution is -0.119. The molecule has 0 aromatic heterocycles. The molecule has 1 aliphatic rings. The van der Waals surface area contributed by atoms with E-state index in [1.54, 1.807) is 18.2 Å². The highest BCUT2D eigenvalue weighted by atomic mass is 35.5. The fraction of sp³-hybridized carbons (Fsp3) is 0.333. The van der Waals surface area contributed by atoms with E-state index in [0.717, 1.165) is 0 Å². The summed E-state index contributed by atoms with van der Waals surface area (Å²) in [7, 11) is 0. The molecular weight excluding hydrogens is 291 g/mol. The van der Waals surface area contributed by atoms with Gasteiger partial charge in [-0.05, 0) is 12.1 Å². The quantitative estimate of drug-likeness (QED) is 0.902. The second-order valence-corrected chi connectivity index (χ2v) is 5.01. The maximum atomic E-state index is 11.6. The number of hydrogen-bond acceptors (Lipinski definition) is 3. The predicted octanol–water partition coefficient (Wildman–Crippen LogP) is 2.68. The summed E-state index contributed by atoms with van der Waals surface area (Å²) in [5.41, 5.74) is 0.316. The van der Waals surface area contributed by atoms with E-state index < -0.39 is 6.09 Å². The third-order valence-electron chi connectivity index (χ3n) is 2.70. The molecule has 102 valence electrons. The number of benzene rings is 1. The second-order valence-electron chi connectivity index (χ2n) is 4.19. The molecule has 1 fully saturated rings. The van der Waals surface area contributed by atoms with E-state index in [-0.39, 0.29) is 18.4 Å². The molecule has 1 atom stereocenters. The molecule has 2 N–H and O–H groups in total. The van der Waals surface area contributed by atoms with E-state index in [1.807, 2.05) is 0 Å². The zero-order valence-electron chi connectivity index (χ0n) is 9.91. The third kappa shape index (κ3) is 3.75. The van der Waals surface area contributed by atoms with Gasteiger partial charge in [0, 0.05) is 18.9 Å². The minimum absolute atomic E-state index is 0.0139. The number of anilines is 1. The highest BCUT2D eigenvalue weighted by Crippen LogP contribution is 2.29. The summed E-state index contributed by atoms with van der Waals surface area (Å²) in [6.45, 7) is 0.700. The Bertz CT molecular complexity index is 487. The van der Waals surface area contributed by atoms with Crippen LogP contribution in [0.2, 0.25) is 10.0 Å². The van der Waals surface area contributed by atoms with Gasteiger partial charge in [0.2, 0.25) is 5.91 Å². The van der Waals surface area contributed by atoms with Crippen LogP contribution < -0.4 is 10.6 Å². The third-order valence-corrected chi connectivity index (χ3v) is 3.33. The Labute approximate surface area is 120 Å². The number of halogens is 2. The lowest BCUT2D eigenvalue weighted by Crippen LogP contribution is -2.20. The van der Waals surface area contributed by atoms with Gasteiger partial charge < -0.3 is 10.1 Å². The van der Waals surface area contributed by atoms with Gasteiger partial charge in [-0.25, -0.2) is 4.79 Å². The first-order valence-corrected chi connectivity index (χ1v) is 6.46. The molecule has 7 heteroatoms. The Morgan fingerprint density at radius 3 is 2.68 bits per heavy atom. The van der Waals surface area contributed by atoms with Gasteiger partial charge in [-0.2, -0.15) is 0 Å². The van der Waals surface area contributed by atoms with Crippen molar-refractivity contribution in [1.82, 2.24) is 5.32 Å². The van der Waals surface area contributed by atoms with Gasteiger partial charge in [-0.1, -0.05) is 29.3 Å². The van der Waals surface area contributed by atoms with Crippen LogP contribution in [0, 0.1) is 5.92 Å². The monoisotopic (exact) mass is 302 g/mol. The standard InChI is InChI=1S/C12H12Cl2N2O3/c13-8-2-1-3-9(14)11(8)16-12(18)19-6-7-4-10(17)15-5-7/h1-3,7H,4-6H2,(H,15,17)(H,16,18). The van der Waals surface area contributed by atoms with Crippen molar-refractivity contribution < 1.29 is 14.3 Å². The highest BCUT2D eigenvalue weighted by molar-refractivity contribution is 6.39. The lowest BCUT2D eigenvalue weighted by atomic mass is 10.1. The number of amides is 2. The molecule has 1 saturated heterocycles. The first-order valence-electron chi connectivity index (χ1n) is 5.70. The minimum Gasteiger partial charge on any atom is -0.449 e. The van der Waals surface area contributed by atoms with Crippen LogP contribution in [0.4, 0.5) is 10.5 Å². The molecule has 1 heterocycles. The fourth-order valence-corrected chi connectivity index (χ4v) is 2.22. The molecule has 5 nitrogen and oxygen atoms in total. The SMILES string of the molecule is O=C1CC(COC(=O)Nc2c(Cl)cccc2Cl)CN1. The molecule has 1 aromatic rings. The number of hydrogen-bond donors (Lipinski definition) is 2. The van der Waals surface area contributed by atoms with Gasteiger partial charge in [0.1, 0.15) is 0 Å². The average molecular weight is 303 g/mol. The maximum absolute atomic E-state index is 11.6. The number of rotatable bonds is 3. The topological polar surface area (TPSA) is 67.4 Å². The summed E-state index contributed by atoms with van der Waals surface area (Å²) >= 11 is 11.8. The van der Waals surface area contributed by atoms with Crippen LogP contribution in [0.5, 0.6) is 0 Å². The summed E-state index contributed by atoms with van der Waals surface area (Å²) in [5, 5.41) is 5.82. The van der Waals surface area contributed by atoms with Crippen LogP contribution in [0.1, 0.15) is 6.42 Å². The fourth-order valence-electron chi connectivity index (χ4n) is 1.73. The first kappa shape index (κ1) is 14.0. The summed E-state index contributed by atoms with van der Waals surface area (Å²) in [4.78, 5) is 22.6. The molecule has 2 amide bonds. The summed E-state index contributed by atoms with van der Waals surface area (Å²) < 4.78 is 5.03. The highest BCUT2D eigenvalue weighted by Gasteiger charge is 2.23. The predicted molar refractivity (Wildman–Crippen MR) is 72.5 cm³/mol. The largest absolute Gasteiger partial charge is 0.449 e. The number of para-hydroxylation sites is 1. The molecule has 1 aromatic carbocycles. The number of carbonyl (C=O) groups is 2. The normalized spacial score (nSPS) is 18.0. The Kier molecular flexibility index (Phi) is 4.50. The van der Waals surface area contributed by atoms with Crippen LogP contribution in [0.25, 0.3) is 0 Å². The molecule has 19 heavy (non-hydrogen) atoms. The van der Waals surface area contributed by atoms with E-state index in [0.29, 0.717) is 28.7 Å². The van der Waals surface area contributed by atoms with Crippen molar-refractivity contribution in [2.45, 2.75) is 6.42 Å². The van der Waals surface area contributed by atoms with Crippen LogP contribution in [-0.2, 0) is 9.53 Å². The van der Waals surface area contributed by atoms with Crippen molar-refractivity contribution in [3.8, 4) is 0 Å². The van der Waals surface area contributed by atoms with Gasteiger partial charge in [0.25, 0.3) is 0 Å². The van der Waals surface area contributed by atoms with Crippen LogP contribution in [0.3, 0.4) is 0 Å². The summed E-state index contributed by atoms with van der Waals surface area (Å²) in [5.74, 6) is -0.0110. The zero-order chi connectivity index (χ0) is 13.8. The Hall–Kier alpha value is -1.46. The number of carbonyl (C=O) groups excluding carboxylic acids is 2. The Balaban J connectivity index is 1.86. The molecule has 0 spiro atoms. The van der Waals surface area contributed by atoms with Gasteiger partial charge in [-0.3, -0.25) is 10.1 Å². The second kappa shape index (κ2) is 6.12. The van der Waals surface area contributed by atoms with Crippen molar-refractivity contribution in [3.63, 3.8) is 0 Å². The molecule has 0 saturated carbocycles. The van der Waals surface area contributed by atoms with E-state index in [4.69, 9.17) is 27.9 Å². The number of ether oxygens (including phenoxy) is 1. The van der Waals surface area contributed by atoms with Crippen molar-refractivity contribution in [2.75, 3.05) is 18.5 Å². The first-order chi connectivity index (χ1) is 9.06. The van der Waals surface area contributed by atoms with Crippen molar-refractivity contribution in [3.05, 3.63) is 28.2 Å². The maximum Gasteiger partial charge on any atom is 0.411 e. The number of nitrogens with one attached hydrogen (secondary N) is 2. The molecule has 0 radical (unpaired) electrons. The van der Waals surface area contributed by atoms with Crippen molar-refractivity contribution in [1.29, 1.82) is 0 Å². The van der Waals surface area contributed by atoms with Gasteiger partial charge in [-0.15, -0.1) is 0 Å². The molecule has 1 aliphatic heterocycles. The van der Waals surface area contributed by atoms with Gasteiger partial charge in [0.15, 0.2) is 0 Å². The lowest BCUT2D eigenvalue weighted by Gasteiger charge is -2.11. The summed E-state index contributed by atoms with van der Waals surface area (Å²) in [6.07, 6.45) is -0.269. The average Bonchev–Trinajstić information content (AvgIpc) is 2.77. The molecule has 2 rings (SSSR count). The van der Waals surface area contributed by atoms with E-state index in [9.17, 15) is 9.59 Å². The smallest absolute Gasteiger partial charge is 0.411 e. The Morgan fingerprint density at radius 1 is 1.42 bits per heavy atom. The van der Waals surface area contributed by atoms with Crippen molar-refractivity contribution in [2.24, 2.45) is 5.92 Å². The summed E-state index contributed by atoms with van der Waals surface area (Å²) in [6, 6.07) is 4.90. The van der Waals surface area contributed by atoms with E-state index in [1.165, 1.54) is 0 Å². The van der Waals surface area contributed by atoms with E-state index >= 15 is 0 Å².